The minimum absolute atomic E-state index is 0.180. The summed E-state index contributed by atoms with van der Waals surface area (Å²) in [6, 6.07) is 0. The van der Waals surface area contributed by atoms with E-state index in [1.165, 1.54) is 0 Å². The topological polar surface area (TPSA) is 24.4 Å². The second-order valence-electron chi connectivity index (χ2n) is 2.64. The number of aliphatic imine (C=N–C) groups is 1. The first-order valence-corrected chi connectivity index (χ1v) is 5.36. The van der Waals surface area contributed by atoms with Crippen molar-refractivity contribution in [3.8, 4) is 0 Å². The molecule has 1 aliphatic rings. The molecule has 0 aliphatic carbocycles. The van der Waals surface area contributed by atoms with E-state index in [1.54, 1.807) is 11.8 Å². The number of hydrogen-bond donors (Lipinski definition) is 1. The molecule has 0 bridgehead atoms. The normalized spacial score (nSPS) is 23.7. The Morgan fingerprint density at radius 2 is 2.25 bits per heavy atom. The lowest BCUT2D eigenvalue weighted by Gasteiger charge is -2.20. The van der Waals surface area contributed by atoms with E-state index in [4.69, 9.17) is 11.6 Å². The first-order valence-electron chi connectivity index (χ1n) is 3.94. The summed E-state index contributed by atoms with van der Waals surface area (Å²) in [7, 11) is 0. The summed E-state index contributed by atoms with van der Waals surface area (Å²) in [6.45, 7) is 6.12. The van der Waals surface area contributed by atoms with Crippen molar-refractivity contribution in [2.24, 2.45) is 4.99 Å². The van der Waals surface area contributed by atoms with Crippen molar-refractivity contribution < 1.29 is 0 Å². The van der Waals surface area contributed by atoms with Crippen LogP contribution in [0, 0.1) is 0 Å². The van der Waals surface area contributed by atoms with Gasteiger partial charge in [0.05, 0.1) is 0 Å². The third-order valence-corrected chi connectivity index (χ3v) is 2.95. The molecule has 0 saturated carbocycles. The molecular formula is C8H13ClN2S. The summed E-state index contributed by atoms with van der Waals surface area (Å²) in [5, 5.41) is 4.14. The fraction of sp³-hybridized carbons (Fsp3) is 0.625. The highest BCUT2D eigenvalue weighted by atomic mass is 35.5. The molecule has 0 spiro atoms. The molecule has 0 aromatic rings. The van der Waals surface area contributed by atoms with E-state index in [1.807, 2.05) is 13.8 Å². The Hall–Kier alpha value is -0.150. The van der Waals surface area contributed by atoms with Crippen LogP contribution in [0.5, 0.6) is 0 Å². The molecule has 0 aromatic heterocycles. The number of amidine groups is 1. The lowest BCUT2D eigenvalue weighted by Crippen LogP contribution is -2.27. The van der Waals surface area contributed by atoms with Crippen LogP contribution in [0.1, 0.15) is 20.8 Å². The summed E-state index contributed by atoms with van der Waals surface area (Å²) in [5.41, 5.74) is 2.05. The molecule has 0 fully saturated rings. The van der Waals surface area contributed by atoms with Crippen LogP contribution < -0.4 is 5.32 Å². The highest BCUT2D eigenvalue weighted by molar-refractivity contribution is 8.13. The van der Waals surface area contributed by atoms with Gasteiger partial charge in [0.25, 0.3) is 0 Å². The van der Waals surface area contributed by atoms with E-state index in [2.05, 4.69) is 17.2 Å². The molecule has 0 saturated heterocycles. The number of allylic oxidation sites excluding steroid dienone is 1. The molecule has 1 aliphatic heterocycles. The SMILES string of the molecule is CCSC1=NC(Cl)C(C)=C(C)N1. The first-order chi connectivity index (χ1) is 5.65. The second-order valence-corrected chi connectivity index (χ2v) is 4.30. The molecular weight excluding hydrogens is 192 g/mol. The number of halogens is 1. The minimum Gasteiger partial charge on any atom is -0.339 e. The van der Waals surface area contributed by atoms with Gasteiger partial charge in [0, 0.05) is 5.70 Å². The zero-order valence-corrected chi connectivity index (χ0v) is 9.09. The van der Waals surface area contributed by atoms with E-state index in [9.17, 15) is 0 Å². The van der Waals surface area contributed by atoms with E-state index >= 15 is 0 Å². The maximum Gasteiger partial charge on any atom is 0.162 e. The third-order valence-electron chi connectivity index (χ3n) is 1.75. The van der Waals surface area contributed by atoms with Gasteiger partial charge in [0.2, 0.25) is 0 Å². The molecule has 4 heteroatoms. The van der Waals surface area contributed by atoms with Crippen LogP contribution in [0.4, 0.5) is 0 Å². The smallest absolute Gasteiger partial charge is 0.162 e. The monoisotopic (exact) mass is 204 g/mol. The van der Waals surface area contributed by atoms with Crippen molar-refractivity contribution >= 4 is 28.5 Å². The molecule has 68 valence electrons. The fourth-order valence-corrected chi connectivity index (χ4v) is 1.88. The number of alkyl halides is 1. The van der Waals surface area contributed by atoms with Crippen molar-refractivity contribution in [3.63, 3.8) is 0 Å². The molecule has 1 atom stereocenters. The molecule has 0 amide bonds. The van der Waals surface area contributed by atoms with E-state index < -0.39 is 0 Å². The number of hydrogen-bond acceptors (Lipinski definition) is 3. The van der Waals surface area contributed by atoms with Crippen molar-refractivity contribution in [1.82, 2.24) is 5.32 Å². The summed E-state index contributed by atoms with van der Waals surface area (Å²) in [4.78, 5) is 4.28. The van der Waals surface area contributed by atoms with Gasteiger partial charge in [0.15, 0.2) is 5.17 Å². The largest absolute Gasteiger partial charge is 0.339 e. The van der Waals surface area contributed by atoms with Crippen molar-refractivity contribution in [3.05, 3.63) is 11.3 Å². The maximum atomic E-state index is 5.99. The molecule has 0 radical (unpaired) electrons. The Balaban J connectivity index is 2.69. The van der Waals surface area contributed by atoms with E-state index in [0.29, 0.717) is 0 Å². The Bertz CT molecular complexity index is 235. The summed E-state index contributed by atoms with van der Waals surface area (Å²) in [5.74, 6) is 1.02. The summed E-state index contributed by atoms with van der Waals surface area (Å²) < 4.78 is 0. The van der Waals surface area contributed by atoms with E-state index in [0.717, 1.165) is 22.2 Å². The molecule has 0 aromatic carbocycles. The van der Waals surface area contributed by atoms with Crippen LogP contribution in [0.25, 0.3) is 0 Å². The highest BCUT2D eigenvalue weighted by Crippen LogP contribution is 2.20. The molecule has 1 unspecified atom stereocenters. The van der Waals surface area contributed by atoms with Crippen LogP contribution in [0.15, 0.2) is 16.3 Å². The van der Waals surface area contributed by atoms with Gasteiger partial charge in [-0.3, -0.25) is 0 Å². The average Bonchev–Trinajstić information content (AvgIpc) is 2.01. The van der Waals surface area contributed by atoms with Gasteiger partial charge in [-0.1, -0.05) is 30.3 Å². The number of thioether (sulfide) groups is 1. The minimum atomic E-state index is -0.180. The van der Waals surface area contributed by atoms with Crippen molar-refractivity contribution in [2.45, 2.75) is 26.3 Å². The summed E-state index contributed by atoms with van der Waals surface area (Å²) >= 11 is 7.68. The van der Waals surface area contributed by atoms with Gasteiger partial charge >= 0.3 is 0 Å². The van der Waals surface area contributed by atoms with Gasteiger partial charge < -0.3 is 5.32 Å². The van der Waals surface area contributed by atoms with Crippen LogP contribution in [-0.4, -0.2) is 16.4 Å². The molecule has 1 N–H and O–H groups in total. The van der Waals surface area contributed by atoms with Crippen LogP contribution >= 0.6 is 23.4 Å². The lowest BCUT2D eigenvalue weighted by molar-refractivity contribution is 0.920. The van der Waals surface area contributed by atoms with Gasteiger partial charge in [0.1, 0.15) is 5.50 Å². The first kappa shape index (κ1) is 9.93. The Labute approximate surface area is 82.5 Å². The average molecular weight is 205 g/mol. The Kier molecular flexibility index (Phi) is 3.47. The second kappa shape index (κ2) is 4.19. The predicted octanol–water partition coefficient (Wildman–Crippen LogP) is 2.56. The van der Waals surface area contributed by atoms with Gasteiger partial charge in [-0.15, -0.1) is 0 Å². The molecule has 1 heterocycles. The van der Waals surface area contributed by atoms with Crippen molar-refractivity contribution in [1.29, 1.82) is 0 Å². The fourth-order valence-electron chi connectivity index (χ4n) is 0.880. The van der Waals surface area contributed by atoms with Gasteiger partial charge in [-0.25, -0.2) is 4.99 Å². The maximum absolute atomic E-state index is 5.99. The summed E-state index contributed by atoms with van der Waals surface area (Å²) in [6.07, 6.45) is 0. The van der Waals surface area contributed by atoms with Gasteiger partial charge in [-0.05, 0) is 25.2 Å². The molecule has 12 heavy (non-hydrogen) atoms. The zero-order chi connectivity index (χ0) is 9.14. The molecule has 1 rings (SSSR count). The molecule has 2 nitrogen and oxygen atoms in total. The van der Waals surface area contributed by atoms with Crippen LogP contribution in [0.3, 0.4) is 0 Å². The lowest BCUT2D eigenvalue weighted by atomic mass is 10.2. The van der Waals surface area contributed by atoms with E-state index in [-0.39, 0.29) is 5.50 Å². The number of nitrogens with zero attached hydrogens (tertiary/aromatic N) is 1. The predicted molar refractivity (Wildman–Crippen MR) is 56.7 cm³/mol. The Morgan fingerprint density at radius 3 is 2.75 bits per heavy atom. The number of nitrogens with one attached hydrogen (secondary N) is 1. The zero-order valence-electron chi connectivity index (χ0n) is 7.52. The Morgan fingerprint density at radius 1 is 1.58 bits per heavy atom. The highest BCUT2D eigenvalue weighted by Gasteiger charge is 2.15. The van der Waals surface area contributed by atoms with Crippen LogP contribution in [-0.2, 0) is 0 Å². The van der Waals surface area contributed by atoms with Gasteiger partial charge in [-0.2, -0.15) is 0 Å². The van der Waals surface area contributed by atoms with Crippen LogP contribution in [0.2, 0.25) is 0 Å². The quantitative estimate of drug-likeness (QED) is 0.525. The van der Waals surface area contributed by atoms with Crippen molar-refractivity contribution in [2.75, 3.05) is 5.75 Å². The standard InChI is InChI=1S/C8H13ClN2S/c1-4-12-8-10-6(3)5(2)7(9)11-8/h7H,4H2,1-3H3,(H,10,11). The number of rotatable bonds is 1. The third kappa shape index (κ3) is 2.17.